The number of rotatable bonds is 4. The molecule has 1 aliphatic rings. The van der Waals surface area contributed by atoms with Gasteiger partial charge in [-0.25, -0.2) is 4.57 Å². The maximum absolute atomic E-state index is 11.6. The van der Waals surface area contributed by atoms with E-state index in [0.29, 0.717) is 5.76 Å². The van der Waals surface area contributed by atoms with E-state index in [1.165, 1.54) is 12.2 Å². The van der Waals surface area contributed by atoms with Crippen molar-refractivity contribution in [2.45, 2.75) is 47.0 Å². The zero-order chi connectivity index (χ0) is 14.7. The van der Waals surface area contributed by atoms with Crippen molar-refractivity contribution in [3.63, 3.8) is 0 Å². The van der Waals surface area contributed by atoms with Crippen LogP contribution in [-0.2, 0) is 9.09 Å². The minimum absolute atomic E-state index is 0.0229. The first-order valence-corrected chi connectivity index (χ1v) is 8.73. The molecule has 0 saturated heterocycles. The smallest absolute Gasteiger partial charge is 0.373 e. The van der Waals surface area contributed by atoms with Gasteiger partial charge in [-0.3, -0.25) is 0 Å². The SMILES string of the molecule is C/C=C/C=C(/OP(C)(=O)O)C1=C(C)CCCC1(C)C. The predicted octanol–water partition coefficient (Wildman–Crippen LogP) is 4.80. The summed E-state index contributed by atoms with van der Waals surface area (Å²) in [6.45, 7) is 9.54. The van der Waals surface area contributed by atoms with Gasteiger partial charge in [-0.15, -0.1) is 0 Å². The minimum atomic E-state index is -3.55. The molecule has 0 bridgehead atoms. The summed E-state index contributed by atoms with van der Waals surface area (Å²) in [6.07, 6.45) is 8.76. The van der Waals surface area contributed by atoms with Gasteiger partial charge < -0.3 is 9.42 Å². The number of hydrogen-bond acceptors (Lipinski definition) is 2. The molecule has 1 N–H and O–H groups in total. The summed E-state index contributed by atoms with van der Waals surface area (Å²) in [6, 6.07) is 0. The third kappa shape index (κ3) is 4.67. The highest BCUT2D eigenvalue weighted by Gasteiger charge is 2.33. The maximum atomic E-state index is 11.6. The Labute approximate surface area is 116 Å². The molecule has 1 atom stereocenters. The molecule has 4 heteroatoms. The van der Waals surface area contributed by atoms with Crippen LogP contribution in [0.2, 0.25) is 0 Å². The van der Waals surface area contributed by atoms with Gasteiger partial charge in [0, 0.05) is 6.66 Å². The van der Waals surface area contributed by atoms with Crippen molar-refractivity contribution in [1.82, 2.24) is 0 Å². The van der Waals surface area contributed by atoms with Crippen LogP contribution in [0.5, 0.6) is 0 Å². The summed E-state index contributed by atoms with van der Waals surface area (Å²) >= 11 is 0. The molecule has 1 aliphatic carbocycles. The van der Waals surface area contributed by atoms with E-state index in [9.17, 15) is 9.46 Å². The van der Waals surface area contributed by atoms with E-state index in [0.717, 1.165) is 24.8 Å². The second kappa shape index (κ2) is 6.11. The largest absolute Gasteiger partial charge is 0.424 e. The van der Waals surface area contributed by atoms with Gasteiger partial charge >= 0.3 is 7.60 Å². The Hall–Kier alpha value is -0.790. The van der Waals surface area contributed by atoms with Crippen LogP contribution in [0.1, 0.15) is 47.0 Å². The predicted molar refractivity (Wildman–Crippen MR) is 80.1 cm³/mol. The molecule has 0 aliphatic heterocycles. The third-order valence-electron chi connectivity index (χ3n) is 3.41. The fourth-order valence-corrected chi connectivity index (χ4v) is 3.21. The molecule has 0 aromatic carbocycles. The second-order valence-corrected chi connectivity index (χ2v) is 7.63. The van der Waals surface area contributed by atoms with Crippen molar-refractivity contribution in [2.75, 3.05) is 6.66 Å². The van der Waals surface area contributed by atoms with E-state index < -0.39 is 7.60 Å². The fraction of sp³-hybridized carbons (Fsp3) is 0.600. The second-order valence-electron chi connectivity index (χ2n) is 5.84. The molecule has 0 aromatic heterocycles. The molecule has 0 heterocycles. The van der Waals surface area contributed by atoms with Gasteiger partial charge in [-0.1, -0.05) is 31.6 Å². The average molecular weight is 284 g/mol. The van der Waals surface area contributed by atoms with Crippen molar-refractivity contribution < 1.29 is 14.0 Å². The van der Waals surface area contributed by atoms with Crippen LogP contribution < -0.4 is 0 Å². The lowest BCUT2D eigenvalue weighted by molar-refractivity contribution is 0.299. The van der Waals surface area contributed by atoms with Crippen LogP contribution in [0.25, 0.3) is 0 Å². The van der Waals surface area contributed by atoms with Gasteiger partial charge in [0.15, 0.2) is 0 Å². The van der Waals surface area contributed by atoms with Crippen LogP contribution >= 0.6 is 7.60 Å². The molecule has 19 heavy (non-hydrogen) atoms. The number of hydrogen-bond donors (Lipinski definition) is 1. The molecule has 0 amide bonds. The van der Waals surface area contributed by atoms with Crippen molar-refractivity contribution in [1.29, 1.82) is 0 Å². The van der Waals surface area contributed by atoms with E-state index in [-0.39, 0.29) is 5.41 Å². The highest BCUT2D eigenvalue weighted by molar-refractivity contribution is 7.52. The molecule has 1 rings (SSSR count). The maximum Gasteiger partial charge on any atom is 0.373 e. The van der Waals surface area contributed by atoms with Gasteiger partial charge in [-0.05, 0) is 50.2 Å². The van der Waals surface area contributed by atoms with E-state index in [4.69, 9.17) is 4.52 Å². The monoisotopic (exact) mass is 284 g/mol. The summed E-state index contributed by atoms with van der Waals surface area (Å²) < 4.78 is 16.9. The quantitative estimate of drug-likeness (QED) is 0.458. The molecule has 3 nitrogen and oxygen atoms in total. The molecular weight excluding hydrogens is 259 g/mol. The average Bonchev–Trinajstić information content (AvgIpc) is 2.22. The molecule has 0 spiro atoms. The third-order valence-corrected chi connectivity index (χ3v) is 3.95. The van der Waals surface area contributed by atoms with Crippen LogP contribution in [0.4, 0.5) is 0 Å². The highest BCUT2D eigenvalue weighted by Crippen LogP contribution is 2.49. The lowest BCUT2D eigenvalue weighted by Gasteiger charge is -2.35. The Morgan fingerprint density at radius 2 is 2.11 bits per heavy atom. The first-order chi connectivity index (χ1) is 8.67. The topological polar surface area (TPSA) is 46.5 Å². The van der Waals surface area contributed by atoms with Gasteiger partial charge in [0.25, 0.3) is 0 Å². The standard InChI is InChI=1S/C15H25O3P/c1-6-7-10-13(18-19(5,16)17)14-12(2)9-8-11-15(14,3)4/h6-7,10H,8-9,11H2,1-5H3,(H,16,17)/b7-6+,13-10+. The van der Waals surface area contributed by atoms with Crippen LogP contribution in [0.15, 0.2) is 35.1 Å². The zero-order valence-corrected chi connectivity index (χ0v) is 13.5. The van der Waals surface area contributed by atoms with Crippen LogP contribution in [0.3, 0.4) is 0 Å². The van der Waals surface area contributed by atoms with Crippen molar-refractivity contribution in [3.05, 3.63) is 35.1 Å². The minimum Gasteiger partial charge on any atom is -0.424 e. The Balaban J connectivity index is 3.27. The Kier molecular flexibility index (Phi) is 5.23. The Morgan fingerprint density at radius 1 is 1.47 bits per heavy atom. The van der Waals surface area contributed by atoms with Crippen LogP contribution in [-0.4, -0.2) is 11.6 Å². The van der Waals surface area contributed by atoms with E-state index in [1.54, 1.807) is 6.08 Å². The van der Waals surface area contributed by atoms with Gasteiger partial charge in [0.05, 0.1) is 0 Å². The van der Waals surface area contributed by atoms with Gasteiger partial charge in [0.2, 0.25) is 0 Å². The zero-order valence-electron chi connectivity index (χ0n) is 12.6. The van der Waals surface area contributed by atoms with Crippen LogP contribution in [0, 0.1) is 5.41 Å². The summed E-state index contributed by atoms with van der Waals surface area (Å²) in [7, 11) is -3.55. The van der Waals surface area contributed by atoms with Crippen molar-refractivity contribution in [2.24, 2.45) is 5.41 Å². The Bertz CT molecular complexity index is 464. The number of allylic oxidation sites excluding steroid dienone is 5. The molecule has 1 unspecified atom stereocenters. The molecular formula is C15H25O3P. The molecule has 0 aromatic rings. The lowest BCUT2D eigenvalue weighted by atomic mass is 9.72. The summed E-state index contributed by atoms with van der Waals surface area (Å²) in [5.74, 6) is 0.536. The fourth-order valence-electron chi connectivity index (χ4n) is 2.69. The van der Waals surface area contributed by atoms with E-state index >= 15 is 0 Å². The first kappa shape index (κ1) is 16.3. The molecule has 0 radical (unpaired) electrons. The molecule has 108 valence electrons. The molecule has 0 fully saturated rings. The first-order valence-electron chi connectivity index (χ1n) is 6.71. The summed E-state index contributed by atoms with van der Waals surface area (Å²) in [5, 5.41) is 0. The molecule has 0 saturated carbocycles. The van der Waals surface area contributed by atoms with Crippen molar-refractivity contribution in [3.8, 4) is 0 Å². The van der Waals surface area contributed by atoms with E-state index in [1.807, 2.05) is 19.1 Å². The highest BCUT2D eigenvalue weighted by atomic mass is 31.2. The van der Waals surface area contributed by atoms with E-state index in [2.05, 4.69) is 20.8 Å². The Morgan fingerprint density at radius 3 is 2.58 bits per heavy atom. The lowest BCUT2D eigenvalue weighted by Crippen LogP contribution is -2.22. The van der Waals surface area contributed by atoms with Crippen molar-refractivity contribution >= 4 is 7.60 Å². The summed E-state index contributed by atoms with van der Waals surface area (Å²) in [5.41, 5.74) is 2.30. The summed E-state index contributed by atoms with van der Waals surface area (Å²) in [4.78, 5) is 9.52. The van der Waals surface area contributed by atoms with Gasteiger partial charge in [-0.2, -0.15) is 0 Å². The normalized spacial score (nSPS) is 23.6. The van der Waals surface area contributed by atoms with Gasteiger partial charge in [0.1, 0.15) is 5.76 Å².